The number of halogens is 2. The minimum absolute atomic E-state index is 0.425. The second-order valence-electron chi connectivity index (χ2n) is 2.25. The van der Waals surface area contributed by atoms with Gasteiger partial charge in [0.15, 0.2) is 6.30 Å². The standard InChI is InChI=1S/C6H9ClFN/c1-4-2-5(7)6(8)9-3-4/h5-6,9H,1-3H2. The van der Waals surface area contributed by atoms with Crippen LogP contribution in [-0.4, -0.2) is 18.2 Å². The highest BCUT2D eigenvalue weighted by Crippen LogP contribution is 2.18. The molecule has 0 aliphatic carbocycles. The van der Waals surface area contributed by atoms with Gasteiger partial charge >= 0.3 is 0 Å². The van der Waals surface area contributed by atoms with Crippen molar-refractivity contribution in [2.75, 3.05) is 6.54 Å². The average molecular weight is 150 g/mol. The smallest absolute Gasteiger partial charge is 0.168 e. The molecule has 0 aromatic rings. The number of alkyl halides is 2. The van der Waals surface area contributed by atoms with Crippen LogP contribution in [0, 0.1) is 0 Å². The van der Waals surface area contributed by atoms with Crippen molar-refractivity contribution in [2.45, 2.75) is 18.1 Å². The summed E-state index contributed by atoms with van der Waals surface area (Å²) in [6.07, 6.45) is -0.465. The second kappa shape index (κ2) is 2.67. The van der Waals surface area contributed by atoms with Gasteiger partial charge in [-0.15, -0.1) is 11.6 Å². The van der Waals surface area contributed by atoms with Crippen LogP contribution in [0.5, 0.6) is 0 Å². The lowest BCUT2D eigenvalue weighted by molar-refractivity contribution is 0.251. The Morgan fingerprint density at radius 2 is 2.44 bits per heavy atom. The highest BCUT2D eigenvalue weighted by atomic mass is 35.5. The normalized spacial score (nSPS) is 36.9. The summed E-state index contributed by atoms with van der Waals surface area (Å²) in [6.45, 7) is 4.25. The van der Waals surface area contributed by atoms with Crippen molar-refractivity contribution in [3.05, 3.63) is 12.2 Å². The Labute approximate surface area is 58.9 Å². The van der Waals surface area contributed by atoms with Gasteiger partial charge in [0.25, 0.3) is 0 Å². The maximum atomic E-state index is 12.5. The summed E-state index contributed by atoms with van der Waals surface area (Å²) in [5.74, 6) is 0. The Bertz CT molecular complexity index is 126. The van der Waals surface area contributed by atoms with Crippen molar-refractivity contribution >= 4 is 11.6 Å². The van der Waals surface area contributed by atoms with Crippen molar-refractivity contribution in [3.8, 4) is 0 Å². The van der Waals surface area contributed by atoms with E-state index in [9.17, 15) is 4.39 Å². The van der Waals surface area contributed by atoms with Crippen molar-refractivity contribution < 1.29 is 4.39 Å². The molecular formula is C6H9ClFN. The third-order valence-corrected chi connectivity index (χ3v) is 1.72. The third kappa shape index (κ3) is 1.66. The molecule has 1 rings (SSSR count). The predicted octanol–water partition coefficient (Wildman–Crippen LogP) is 1.44. The van der Waals surface area contributed by atoms with Crippen LogP contribution in [0.25, 0.3) is 0 Å². The molecule has 1 nitrogen and oxygen atoms in total. The topological polar surface area (TPSA) is 12.0 Å². The largest absolute Gasteiger partial charge is 0.283 e. The monoisotopic (exact) mass is 149 g/mol. The fraction of sp³-hybridized carbons (Fsp3) is 0.667. The number of piperidine rings is 1. The lowest BCUT2D eigenvalue weighted by Gasteiger charge is -2.23. The molecule has 1 fully saturated rings. The summed E-state index contributed by atoms with van der Waals surface area (Å²) in [7, 11) is 0. The van der Waals surface area contributed by atoms with Gasteiger partial charge in [-0.1, -0.05) is 12.2 Å². The number of hydrogen-bond acceptors (Lipinski definition) is 1. The first kappa shape index (κ1) is 7.03. The zero-order valence-electron chi connectivity index (χ0n) is 5.03. The highest BCUT2D eigenvalue weighted by molar-refractivity contribution is 6.21. The zero-order chi connectivity index (χ0) is 6.85. The summed E-state index contributed by atoms with van der Waals surface area (Å²) >= 11 is 5.56. The summed E-state index contributed by atoms with van der Waals surface area (Å²) in [4.78, 5) is 0. The number of nitrogens with one attached hydrogen (secondary N) is 1. The Hall–Kier alpha value is -0.0800. The molecule has 1 aliphatic heterocycles. The van der Waals surface area contributed by atoms with Gasteiger partial charge in [0.1, 0.15) is 0 Å². The maximum Gasteiger partial charge on any atom is 0.168 e. The molecule has 0 saturated carbocycles. The molecule has 0 amide bonds. The van der Waals surface area contributed by atoms with Crippen LogP contribution in [-0.2, 0) is 0 Å². The lowest BCUT2D eigenvalue weighted by Crippen LogP contribution is -2.39. The fourth-order valence-electron chi connectivity index (χ4n) is 0.821. The quantitative estimate of drug-likeness (QED) is 0.312. The molecule has 2 unspecified atom stereocenters. The second-order valence-corrected chi connectivity index (χ2v) is 2.81. The van der Waals surface area contributed by atoms with Crippen LogP contribution < -0.4 is 5.32 Å². The Kier molecular flexibility index (Phi) is 2.09. The van der Waals surface area contributed by atoms with E-state index in [1.165, 1.54) is 0 Å². The Balaban J connectivity index is 2.44. The van der Waals surface area contributed by atoms with E-state index < -0.39 is 11.7 Å². The van der Waals surface area contributed by atoms with Gasteiger partial charge < -0.3 is 0 Å². The van der Waals surface area contributed by atoms with E-state index >= 15 is 0 Å². The van der Waals surface area contributed by atoms with E-state index in [2.05, 4.69) is 11.9 Å². The van der Waals surface area contributed by atoms with Gasteiger partial charge in [0, 0.05) is 6.54 Å². The molecular weight excluding hydrogens is 141 g/mol. The molecule has 0 bridgehead atoms. The Morgan fingerprint density at radius 3 is 2.89 bits per heavy atom. The van der Waals surface area contributed by atoms with E-state index in [-0.39, 0.29) is 0 Å². The van der Waals surface area contributed by atoms with Crippen LogP contribution in [0.4, 0.5) is 4.39 Å². The first-order valence-corrected chi connectivity index (χ1v) is 3.32. The molecule has 0 aromatic carbocycles. The van der Waals surface area contributed by atoms with Crippen LogP contribution in [0.15, 0.2) is 12.2 Å². The van der Waals surface area contributed by atoms with Gasteiger partial charge in [0.05, 0.1) is 5.38 Å². The summed E-state index contributed by atoms with van der Waals surface area (Å²) in [6, 6.07) is 0. The molecule has 1 heterocycles. The SMILES string of the molecule is C=C1CNC(F)C(Cl)C1. The van der Waals surface area contributed by atoms with Crippen LogP contribution >= 0.6 is 11.6 Å². The summed E-state index contributed by atoms with van der Waals surface area (Å²) < 4.78 is 12.5. The molecule has 0 radical (unpaired) electrons. The van der Waals surface area contributed by atoms with Gasteiger partial charge in [0.2, 0.25) is 0 Å². The molecule has 9 heavy (non-hydrogen) atoms. The lowest BCUT2D eigenvalue weighted by atomic mass is 10.1. The molecule has 1 saturated heterocycles. The van der Waals surface area contributed by atoms with Gasteiger partial charge in [-0.25, -0.2) is 4.39 Å². The van der Waals surface area contributed by atoms with Gasteiger partial charge in [-0.3, -0.25) is 5.32 Å². The molecule has 3 heteroatoms. The van der Waals surface area contributed by atoms with Gasteiger partial charge in [-0.2, -0.15) is 0 Å². The zero-order valence-corrected chi connectivity index (χ0v) is 5.79. The van der Waals surface area contributed by atoms with Crippen LogP contribution in [0.2, 0.25) is 0 Å². The van der Waals surface area contributed by atoms with Crippen LogP contribution in [0.1, 0.15) is 6.42 Å². The van der Waals surface area contributed by atoms with E-state index in [1.54, 1.807) is 0 Å². The first-order valence-electron chi connectivity index (χ1n) is 2.88. The Morgan fingerprint density at radius 1 is 1.78 bits per heavy atom. The summed E-state index contributed by atoms with van der Waals surface area (Å²) in [5, 5.41) is 2.16. The molecule has 0 aromatic heterocycles. The van der Waals surface area contributed by atoms with Crippen molar-refractivity contribution in [2.24, 2.45) is 0 Å². The molecule has 0 spiro atoms. The van der Waals surface area contributed by atoms with E-state index in [4.69, 9.17) is 11.6 Å². The number of hydrogen-bond donors (Lipinski definition) is 1. The van der Waals surface area contributed by atoms with Crippen molar-refractivity contribution in [1.82, 2.24) is 5.32 Å². The van der Waals surface area contributed by atoms with E-state index in [1.807, 2.05) is 0 Å². The summed E-state index contributed by atoms with van der Waals surface area (Å²) in [5.41, 5.74) is 0.976. The minimum atomic E-state index is -1.06. The van der Waals surface area contributed by atoms with Crippen molar-refractivity contribution in [1.29, 1.82) is 0 Å². The number of rotatable bonds is 0. The maximum absolute atomic E-state index is 12.5. The average Bonchev–Trinajstić information content (AvgIpc) is 1.80. The third-order valence-electron chi connectivity index (χ3n) is 1.35. The molecule has 2 atom stereocenters. The predicted molar refractivity (Wildman–Crippen MR) is 36.3 cm³/mol. The van der Waals surface area contributed by atoms with Crippen LogP contribution in [0.3, 0.4) is 0 Å². The molecule has 52 valence electrons. The fourth-order valence-corrected chi connectivity index (χ4v) is 1.13. The first-order chi connectivity index (χ1) is 4.20. The van der Waals surface area contributed by atoms with E-state index in [0.29, 0.717) is 13.0 Å². The van der Waals surface area contributed by atoms with Crippen molar-refractivity contribution in [3.63, 3.8) is 0 Å². The minimum Gasteiger partial charge on any atom is -0.283 e. The highest BCUT2D eigenvalue weighted by Gasteiger charge is 2.23. The molecule has 1 aliphatic rings. The molecule has 1 N–H and O–H groups in total. The van der Waals surface area contributed by atoms with Gasteiger partial charge in [-0.05, 0) is 6.42 Å². The van der Waals surface area contributed by atoms with E-state index in [0.717, 1.165) is 5.57 Å².